The van der Waals surface area contributed by atoms with Gasteiger partial charge in [-0.15, -0.1) is 0 Å². The highest BCUT2D eigenvalue weighted by atomic mass is 16.5. The molecule has 192 valence electrons. The van der Waals surface area contributed by atoms with Crippen molar-refractivity contribution in [3.63, 3.8) is 0 Å². The molecule has 0 aliphatic heterocycles. The number of aromatic nitrogens is 4. The van der Waals surface area contributed by atoms with Crippen LogP contribution in [0.2, 0.25) is 0 Å². The number of carboxylic acids is 1. The van der Waals surface area contributed by atoms with E-state index in [1.807, 2.05) is 25.3 Å². The monoisotopic (exact) mass is 498 g/mol. The standard InChI is InChI=1S/C30H34N4O3/c1-18-13-21(17-32-29(18)37-23-9-5-19(6-10-23)14-27(35)36)24-11-7-20(16-31-24)28-33-25-12-8-22(30(2,3)4)15-26(25)34-28/h7-8,11-13,15-17,19,23H,5-6,9-10,14H2,1-4H3,(H,33,34)(H,35,36)/t19-,23-. The second kappa shape index (κ2) is 9.96. The number of pyridine rings is 2. The largest absolute Gasteiger partial charge is 0.481 e. The molecular formula is C30H34N4O3. The SMILES string of the molecule is Cc1cc(-c2ccc(-c3nc4cc(C(C)(C)C)ccc4[nH]3)cn2)cnc1O[C@H]1CC[C@H](CC(=O)O)CC1. The van der Waals surface area contributed by atoms with E-state index in [0.717, 1.165) is 64.9 Å². The van der Waals surface area contributed by atoms with Crippen molar-refractivity contribution < 1.29 is 14.6 Å². The van der Waals surface area contributed by atoms with Gasteiger partial charge in [-0.1, -0.05) is 26.8 Å². The molecule has 1 saturated carbocycles. The summed E-state index contributed by atoms with van der Waals surface area (Å²) in [6, 6.07) is 12.5. The zero-order valence-electron chi connectivity index (χ0n) is 21.9. The van der Waals surface area contributed by atoms with Gasteiger partial charge in [-0.25, -0.2) is 9.97 Å². The van der Waals surface area contributed by atoms with Crippen molar-refractivity contribution in [3.8, 4) is 28.5 Å². The molecule has 3 heterocycles. The third kappa shape index (κ3) is 5.66. The maximum atomic E-state index is 11.0. The summed E-state index contributed by atoms with van der Waals surface area (Å²) < 4.78 is 6.17. The van der Waals surface area contributed by atoms with E-state index in [1.165, 1.54) is 5.56 Å². The van der Waals surface area contributed by atoms with Crippen LogP contribution in [0.5, 0.6) is 5.88 Å². The van der Waals surface area contributed by atoms with Gasteiger partial charge in [0.1, 0.15) is 11.9 Å². The number of imidazole rings is 1. The van der Waals surface area contributed by atoms with Crippen LogP contribution >= 0.6 is 0 Å². The van der Waals surface area contributed by atoms with Crippen LogP contribution in [0.4, 0.5) is 0 Å². The van der Waals surface area contributed by atoms with Gasteiger partial charge < -0.3 is 14.8 Å². The molecule has 0 radical (unpaired) electrons. The van der Waals surface area contributed by atoms with Crippen LogP contribution < -0.4 is 4.74 Å². The Balaban J connectivity index is 1.27. The minimum atomic E-state index is -0.716. The van der Waals surface area contributed by atoms with E-state index in [4.69, 9.17) is 14.8 Å². The van der Waals surface area contributed by atoms with Crippen molar-refractivity contribution in [2.24, 2.45) is 5.92 Å². The number of aryl methyl sites for hydroxylation is 1. The number of ether oxygens (including phenoxy) is 1. The number of hydrogen-bond donors (Lipinski definition) is 2. The Kier molecular flexibility index (Phi) is 6.71. The van der Waals surface area contributed by atoms with Gasteiger partial charge in [0, 0.05) is 35.5 Å². The molecule has 4 aromatic rings. The first-order valence-electron chi connectivity index (χ1n) is 13.0. The molecule has 37 heavy (non-hydrogen) atoms. The van der Waals surface area contributed by atoms with Crippen LogP contribution in [0.1, 0.15) is 64.0 Å². The molecule has 0 amide bonds. The first-order valence-corrected chi connectivity index (χ1v) is 13.0. The highest BCUT2D eigenvalue weighted by Crippen LogP contribution is 2.32. The number of benzene rings is 1. The fraction of sp³-hybridized carbons (Fsp3) is 0.400. The van der Waals surface area contributed by atoms with Gasteiger partial charge in [-0.3, -0.25) is 9.78 Å². The van der Waals surface area contributed by atoms with Gasteiger partial charge in [0.05, 0.1) is 16.7 Å². The molecule has 0 spiro atoms. The van der Waals surface area contributed by atoms with Crippen molar-refractivity contribution in [1.82, 2.24) is 19.9 Å². The number of rotatable bonds is 6. The van der Waals surface area contributed by atoms with Gasteiger partial charge in [0.25, 0.3) is 0 Å². The van der Waals surface area contributed by atoms with Crippen LogP contribution in [0, 0.1) is 12.8 Å². The Bertz CT molecular complexity index is 1410. The van der Waals surface area contributed by atoms with Crippen LogP contribution in [0.25, 0.3) is 33.7 Å². The number of carbonyl (C=O) groups is 1. The quantitative estimate of drug-likeness (QED) is 0.307. The first-order chi connectivity index (χ1) is 17.7. The number of H-pyrrole nitrogens is 1. The second-order valence-corrected chi connectivity index (χ2v) is 11.2. The molecular weight excluding hydrogens is 464 g/mol. The number of nitrogens with one attached hydrogen (secondary N) is 1. The number of aromatic amines is 1. The maximum Gasteiger partial charge on any atom is 0.303 e. The Morgan fingerprint density at radius 1 is 1.03 bits per heavy atom. The summed E-state index contributed by atoms with van der Waals surface area (Å²) in [5.41, 5.74) is 6.96. The lowest BCUT2D eigenvalue weighted by molar-refractivity contribution is -0.138. The first kappa shape index (κ1) is 24.9. The van der Waals surface area contributed by atoms with E-state index >= 15 is 0 Å². The van der Waals surface area contributed by atoms with Crippen LogP contribution in [-0.4, -0.2) is 37.1 Å². The van der Waals surface area contributed by atoms with Crippen LogP contribution in [0.15, 0.2) is 48.8 Å². The molecule has 0 atom stereocenters. The molecule has 7 heteroatoms. The summed E-state index contributed by atoms with van der Waals surface area (Å²) in [5.74, 6) is 0.977. The number of aliphatic carboxylic acids is 1. The predicted octanol–water partition coefficient (Wildman–Crippen LogP) is 6.71. The lowest BCUT2D eigenvalue weighted by Gasteiger charge is -2.28. The molecule has 0 unspecified atom stereocenters. The van der Waals surface area contributed by atoms with Crippen molar-refractivity contribution in [3.05, 3.63) is 59.9 Å². The summed E-state index contributed by atoms with van der Waals surface area (Å²) in [7, 11) is 0. The molecule has 7 nitrogen and oxygen atoms in total. The van der Waals surface area contributed by atoms with Gasteiger partial charge >= 0.3 is 5.97 Å². The number of hydrogen-bond acceptors (Lipinski definition) is 5. The van der Waals surface area contributed by atoms with Crippen LogP contribution in [0.3, 0.4) is 0 Å². The number of nitrogens with zero attached hydrogens (tertiary/aromatic N) is 3. The molecule has 0 saturated heterocycles. The summed E-state index contributed by atoms with van der Waals surface area (Å²) in [4.78, 5) is 28.4. The van der Waals surface area contributed by atoms with Gasteiger partial charge in [-0.2, -0.15) is 0 Å². The summed E-state index contributed by atoms with van der Waals surface area (Å²) >= 11 is 0. The molecule has 1 aliphatic rings. The third-order valence-electron chi connectivity index (χ3n) is 7.25. The minimum Gasteiger partial charge on any atom is -0.481 e. The maximum absolute atomic E-state index is 11.0. The summed E-state index contributed by atoms with van der Waals surface area (Å²) in [5, 5.41) is 9.01. The minimum absolute atomic E-state index is 0.0741. The van der Waals surface area contributed by atoms with E-state index in [2.05, 4.69) is 60.0 Å². The van der Waals surface area contributed by atoms with E-state index in [9.17, 15) is 4.79 Å². The average molecular weight is 499 g/mol. The second-order valence-electron chi connectivity index (χ2n) is 11.2. The highest BCUT2D eigenvalue weighted by Gasteiger charge is 2.25. The molecule has 1 aromatic carbocycles. The summed E-state index contributed by atoms with van der Waals surface area (Å²) in [6.07, 6.45) is 7.47. The van der Waals surface area contributed by atoms with Crippen molar-refractivity contribution in [2.75, 3.05) is 0 Å². The Morgan fingerprint density at radius 2 is 1.78 bits per heavy atom. The van der Waals surface area contributed by atoms with E-state index < -0.39 is 5.97 Å². The fourth-order valence-corrected chi connectivity index (χ4v) is 5.00. The molecule has 1 aliphatic carbocycles. The smallest absolute Gasteiger partial charge is 0.303 e. The molecule has 3 aromatic heterocycles. The fourth-order valence-electron chi connectivity index (χ4n) is 5.00. The average Bonchev–Trinajstić information content (AvgIpc) is 3.29. The van der Waals surface area contributed by atoms with E-state index in [-0.39, 0.29) is 23.9 Å². The normalized spacial score (nSPS) is 18.2. The lowest BCUT2D eigenvalue weighted by atomic mass is 9.85. The highest BCUT2D eigenvalue weighted by molar-refractivity contribution is 5.80. The Morgan fingerprint density at radius 3 is 2.43 bits per heavy atom. The van der Waals surface area contributed by atoms with Gasteiger partial charge in [-0.05, 0) is 79.8 Å². The zero-order valence-corrected chi connectivity index (χ0v) is 21.9. The molecule has 2 N–H and O–H groups in total. The van der Waals surface area contributed by atoms with E-state index in [1.54, 1.807) is 6.20 Å². The number of fused-ring (bicyclic) bond motifs is 1. The van der Waals surface area contributed by atoms with Crippen molar-refractivity contribution in [1.29, 1.82) is 0 Å². The summed E-state index contributed by atoms with van der Waals surface area (Å²) in [6.45, 7) is 8.61. The van der Waals surface area contributed by atoms with E-state index in [0.29, 0.717) is 5.88 Å². The van der Waals surface area contributed by atoms with Gasteiger partial charge in [0.2, 0.25) is 5.88 Å². The van der Waals surface area contributed by atoms with Gasteiger partial charge in [0.15, 0.2) is 0 Å². The van der Waals surface area contributed by atoms with Crippen molar-refractivity contribution >= 4 is 17.0 Å². The molecule has 5 rings (SSSR count). The van der Waals surface area contributed by atoms with Crippen molar-refractivity contribution in [2.45, 2.75) is 71.3 Å². The third-order valence-corrected chi connectivity index (χ3v) is 7.25. The molecule has 0 bridgehead atoms. The Labute approximate surface area is 217 Å². The molecule has 1 fully saturated rings. The van der Waals surface area contributed by atoms with Crippen LogP contribution in [-0.2, 0) is 10.2 Å². The number of carboxylic acid groups (broad SMARTS) is 1. The topological polar surface area (TPSA) is 101 Å². The lowest BCUT2D eigenvalue weighted by Crippen LogP contribution is -2.25. The Hall–Kier alpha value is -3.74. The zero-order chi connectivity index (χ0) is 26.2. The predicted molar refractivity (Wildman–Crippen MR) is 145 cm³/mol.